The minimum atomic E-state index is 0.133. The van der Waals surface area contributed by atoms with E-state index in [1.165, 1.54) is 57.2 Å². The summed E-state index contributed by atoms with van der Waals surface area (Å²) in [7, 11) is 0. The molecule has 43 heavy (non-hydrogen) atoms. The molecule has 0 saturated carbocycles. The number of anilines is 2. The van der Waals surface area contributed by atoms with Gasteiger partial charge < -0.3 is 15.0 Å². The average molecular weight is 613 g/mol. The normalized spacial score (nSPS) is 14.6. The molecule has 3 aromatic carbocycles. The lowest BCUT2D eigenvalue weighted by molar-refractivity contribution is 0.391. The number of nitrogens with zero attached hydrogens (tertiary/aromatic N) is 6. The number of aromatic nitrogens is 4. The van der Waals surface area contributed by atoms with Crippen molar-refractivity contribution in [2.24, 2.45) is 4.99 Å². The maximum Gasteiger partial charge on any atom is 0.225 e. The summed E-state index contributed by atoms with van der Waals surface area (Å²) >= 11 is 11.8. The first-order valence-electron chi connectivity index (χ1n) is 14.5. The highest BCUT2D eigenvalue weighted by Gasteiger charge is 2.16. The summed E-state index contributed by atoms with van der Waals surface area (Å²) < 4.78 is 5.71. The Morgan fingerprint density at radius 1 is 0.767 bits per heavy atom. The zero-order chi connectivity index (χ0) is 29.4. The Bertz CT molecular complexity index is 1710. The third kappa shape index (κ3) is 7.39. The van der Waals surface area contributed by atoms with Crippen molar-refractivity contribution in [3.63, 3.8) is 0 Å². The van der Waals surface area contributed by atoms with Gasteiger partial charge in [-0.3, -0.25) is 4.99 Å². The van der Waals surface area contributed by atoms with Gasteiger partial charge in [-0.2, -0.15) is 4.98 Å². The highest BCUT2D eigenvalue weighted by Crippen LogP contribution is 2.32. The van der Waals surface area contributed by atoms with Crippen LogP contribution >= 0.6 is 23.2 Å². The highest BCUT2D eigenvalue weighted by molar-refractivity contribution is 6.30. The predicted octanol–water partition coefficient (Wildman–Crippen LogP) is 8.59. The molecular weight excluding hydrogens is 581 g/mol. The molecule has 0 aliphatic carbocycles. The van der Waals surface area contributed by atoms with Crippen LogP contribution in [0.5, 0.6) is 11.6 Å². The number of halogens is 2. The number of amidine groups is 1. The smallest absolute Gasteiger partial charge is 0.225 e. The van der Waals surface area contributed by atoms with Gasteiger partial charge in [0.1, 0.15) is 11.4 Å². The molecule has 7 rings (SSSR count). The van der Waals surface area contributed by atoms with Crippen molar-refractivity contribution in [1.29, 1.82) is 0 Å². The third-order valence-corrected chi connectivity index (χ3v) is 7.75. The molecule has 0 bridgehead atoms. The van der Waals surface area contributed by atoms with E-state index in [9.17, 15) is 0 Å². The number of hydrogen-bond donors (Lipinski definition) is 1. The molecule has 218 valence electrons. The maximum absolute atomic E-state index is 6.03. The van der Waals surface area contributed by atoms with Gasteiger partial charge in [-0.1, -0.05) is 54.4 Å². The third-order valence-electron chi connectivity index (χ3n) is 7.32. The number of ether oxygens (including phenoxy) is 1. The van der Waals surface area contributed by atoms with Crippen LogP contribution in [0.25, 0.3) is 22.0 Å². The molecule has 0 radical (unpaired) electrons. The zero-order valence-corrected chi connectivity index (χ0v) is 25.1. The fourth-order valence-electron chi connectivity index (χ4n) is 5.20. The van der Waals surface area contributed by atoms with Crippen molar-refractivity contribution in [3.05, 3.63) is 95.4 Å². The molecule has 0 amide bonds. The van der Waals surface area contributed by atoms with Gasteiger partial charge in [0.05, 0.1) is 5.84 Å². The molecule has 2 aliphatic heterocycles. The standard InChI is InChI=1S/C24H15Cl2N5O.C9H16N2/c25-16-7-5-15(6-8-16)22-19-3-1-2-4-20(19)23(31-30-22)28-17-9-11-18(12-10-17)32-21-13-14-27-24(26)29-21;1-2-5-9-10-6-4-8-11(9)7-3-1/h1-14H,(H,28,31);1-8H2. The second kappa shape index (κ2) is 13.8. The number of benzene rings is 3. The first-order valence-corrected chi connectivity index (χ1v) is 15.2. The van der Waals surface area contributed by atoms with E-state index in [0.29, 0.717) is 22.5 Å². The van der Waals surface area contributed by atoms with Gasteiger partial charge in [0.25, 0.3) is 0 Å². The lowest BCUT2D eigenvalue weighted by Gasteiger charge is -2.27. The Labute approximate surface area is 260 Å². The van der Waals surface area contributed by atoms with Crippen molar-refractivity contribution >= 4 is 51.3 Å². The lowest BCUT2D eigenvalue weighted by atomic mass is 10.0. The van der Waals surface area contributed by atoms with Crippen LogP contribution in [-0.4, -0.2) is 50.5 Å². The quantitative estimate of drug-likeness (QED) is 0.199. The SMILES string of the molecule is C1CCC2=NCCCN2CC1.Clc1ccc(-c2nnc(Nc3ccc(Oc4ccnc(Cl)n4)cc3)c3ccccc23)cc1. The van der Waals surface area contributed by atoms with E-state index in [-0.39, 0.29) is 5.28 Å². The number of nitrogens with one attached hydrogen (secondary N) is 1. The van der Waals surface area contributed by atoms with Gasteiger partial charge in [-0.05, 0) is 67.3 Å². The van der Waals surface area contributed by atoms with E-state index in [0.717, 1.165) is 34.3 Å². The van der Waals surface area contributed by atoms with Crippen LogP contribution in [0.4, 0.5) is 11.5 Å². The fourth-order valence-corrected chi connectivity index (χ4v) is 5.46. The fraction of sp³-hybridized carbons (Fsp3) is 0.242. The zero-order valence-electron chi connectivity index (χ0n) is 23.6. The molecule has 8 nitrogen and oxygen atoms in total. The molecule has 1 N–H and O–H groups in total. The molecule has 0 spiro atoms. The minimum absolute atomic E-state index is 0.133. The van der Waals surface area contributed by atoms with Gasteiger partial charge >= 0.3 is 0 Å². The van der Waals surface area contributed by atoms with Crippen LogP contribution in [0.1, 0.15) is 32.1 Å². The molecule has 2 aliphatic rings. The van der Waals surface area contributed by atoms with Crippen LogP contribution in [-0.2, 0) is 0 Å². The number of rotatable bonds is 5. The first kappa shape index (κ1) is 28.8. The topological polar surface area (TPSA) is 88.4 Å². The van der Waals surface area contributed by atoms with E-state index in [2.05, 4.69) is 35.4 Å². The Kier molecular flexibility index (Phi) is 9.25. The molecule has 0 unspecified atom stereocenters. The van der Waals surface area contributed by atoms with Crippen LogP contribution in [0.2, 0.25) is 10.3 Å². The van der Waals surface area contributed by atoms with E-state index in [1.54, 1.807) is 6.07 Å². The number of aliphatic imine (C=N–C) groups is 1. The average Bonchev–Trinajstić information content (AvgIpc) is 3.29. The van der Waals surface area contributed by atoms with Gasteiger partial charge in [0.15, 0.2) is 5.82 Å². The molecule has 10 heteroatoms. The van der Waals surface area contributed by atoms with Crippen molar-refractivity contribution in [2.75, 3.05) is 25.0 Å². The molecular formula is C33H31Cl2N7O. The first-order chi connectivity index (χ1) is 21.1. The van der Waals surface area contributed by atoms with Crippen LogP contribution in [0.15, 0.2) is 90.1 Å². The Hall–Kier alpha value is -4.27. The summed E-state index contributed by atoms with van der Waals surface area (Å²) in [5, 5.41) is 15.0. The van der Waals surface area contributed by atoms with Crippen LogP contribution in [0, 0.1) is 0 Å². The van der Waals surface area contributed by atoms with Crippen molar-refractivity contribution in [2.45, 2.75) is 32.1 Å². The number of fused-ring (bicyclic) bond motifs is 2. The molecule has 5 aromatic rings. The van der Waals surface area contributed by atoms with Crippen LogP contribution in [0.3, 0.4) is 0 Å². The second-order valence-corrected chi connectivity index (χ2v) is 11.1. The van der Waals surface area contributed by atoms with Gasteiger partial charge in [0.2, 0.25) is 11.2 Å². The monoisotopic (exact) mass is 611 g/mol. The van der Waals surface area contributed by atoms with Crippen molar-refractivity contribution < 1.29 is 4.74 Å². The second-order valence-electron chi connectivity index (χ2n) is 10.3. The van der Waals surface area contributed by atoms with Gasteiger partial charge in [-0.15, -0.1) is 10.2 Å². The summed E-state index contributed by atoms with van der Waals surface area (Å²) in [6.45, 7) is 3.60. The molecule has 0 atom stereocenters. The summed E-state index contributed by atoms with van der Waals surface area (Å²) in [5.74, 6) is 3.06. The van der Waals surface area contributed by atoms with E-state index >= 15 is 0 Å². The highest BCUT2D eigenvalue weighted by atomic mass is 35.5. The summed E-state index contributed by atoms with van der Waals surface area (Å²) in [5.41, 5.74) is 2.60. The van der Waals surface area contributed by atoms with Gasteiger partial charge in [-0.25, -0.2) is 4.98 Å². The molecule has 1 fully saturated rings. The number of hydrogen-bond acceptors (Lipinski definition) is 8. The van der Waals surface area contributed by atoms with Crippen LogP contribution < -0.4 is 10.1 Å². The Morgan fingerprint density at radius 3 is 2.37 bits per heavy atom. The maximum atomic E-state index is 6.03. The summed E-state index contributed by atoms with van der Waals surface area (Å²) in [6.07, 6.45) is 8.17. The summed E-state index contributed by atoms with van der Waals surface area (Å²) in [6, 6.07) is 24.7. The largest absolute Gasteiger partial charge is 0.439 e. The molecule has 2 aromatic heterocycles. The molecule has 1 saturated heterocycles. The molecule has 4 heterocycles. The minimum Gasteiger partial charge on any atom is -0.439 e. The van der Waals surface area contributed by atoms with E-state index in [4.69, 9.17) is 27.9 Å². The lowest BCUT2D eigenvalue weighted by Crippen LogP contribution is -2.34. The summed E-state index contributed by atoms with van der Waals surface area (Å²) in [4.78, 5) is 14.9. The Balaban J connectivity index is 0.000000250. The van der Waals surface area contributed by atoms with Gasteiger partial charge in [0, 0.05) is 65.4 Å². The van der Waals surface area contributed by atoms with E-state index in [1.807, 2.05) is 72.8 Å². The van der Waals surface area contributed by atoms with Crippen molar-refractivity contribution in [3.8, 4) is 22.9 Å². The Morgan fingerprint density at radius 2 is 1.56 bits per heavy atom. The van der Waals surface area contributed by atoms with Crippen molar-refractivity contribution in [1.82, 2.24) is 25.1 Å². The predicted molar refractivity (Wildman–Crippen MR) is 174 cm³/mol. The van der Waals surface area contributed by atoms with E-state index < -0.39 is 0 Å².